The molecule has 3 heteroatoms. The van der Waals surface area contributed by atoms with Crippen LogP contribution in [0.15, 0.2) is 0 Å². The fourth-order valence-electron chi connectivity index (χ4n) is 3.29. The van der Waals surface area contributed by atoms with Gasteiger partial charge in [0.2, 0.25) is 0 Å². The number of aliphatic hydroxyl groups excluding tert-OH is 1. The molecule has 2 aliphatic rings. The number of ether oxygens (including phenoxy) is 1. The van der Waals surface area contributed by atoms with Gasteiger partial charge in [-0.15, -0.1) is 0 Å². The van der Waals surface area contributed by atoms with Gasteiger partial charge in [-0.2, -0.15) is 0 Å². The molecule has 0 spiro atoms. The number of rotatable bonds is 3. The van der Waals surface area contributed by atoms with Gasteiger partial charge in [0.1, 0.15) is 0 Å². The molecule has 3 nitrogen and oxygen atoms in total. The lowest BCUT2D eigenvalue weighted by atomic mass is 9.82. The Bertz CT molecular complexity index is 202. The van der Waals surface area contributed by atoms with E-state index >= 15 is 0 Å². The molecule has 2 fully saturated rings. The van der Waals surface area contributed by atoms with E-state index < -0.39 is 0 Å². The molecule has 0 aromatic heterocycles. The maximum atomic E-state index is 9.05. The van der Waals surface area contributed by atoms with Crippen molar-refractivity contribution in [2.24, 2.45) is 5.92 Å². The molecule has 94 valence electrons. The van der Waals surface area contributed by atoms with Crippen LogP contribution in [0, 0.1) is 5.92 Å². The lowest BCUT2D eigenvalue weighted by Gasteiger charge is -2.43. The largest absolute Gasteiger partial charge is 0.395 e. The van der Waals surface area contributed by atoms with Crippen molar-refractivity contribution in [3.8, 4) is 0 Å². The van der Waals surface area contributed by atoms with Crippen molar-refractivity contribution in [1.29, 1.82) is 0 Å². The van der Waals surface area contributed by atoms with Gasteiger partial charge in [0, 0.05) is 19.1 Å². The van der Waals surface area contributed by atoms with Crippen LogP contribution >= 0.6 is 0 Å². The molecule has 1 aliphatic carbocycles. The van der Waals surface area contributed by atoms with Gasteiger partial charge in [-0.05, 0) is 25.7 Å². The predicted octanol–water partition coefficient (Wildman–Crippen LogP) is 1.65. The Labute approximate surface area is 98.8 Å². The Morgan fingerprint density at radius 1 is 1.25 bits per heavy atom. The van der Waals surface area contributed by atoms with Crippen LogP contribution in [0.25, 0.3) is 0 Å². The molecule has 0 radical (unpaired) electrons. The van der Waals surface area contributed by atoms with Gasteiger partial charge in [0.05, 0.1) is 19.3 Å². The van der Waals surface area contributed by atoms with E-state index in [0.717, 1.165) is 25.6 Å². The van der Waals surface area contributed by atoms with Gasteiger partial charge in [-0.1, -0.05) is 19.3 Å². The zero-order chi connectivity index (χ0) is 11.4. The summed E-state index contributed by atoms with van der Waals surface area (Å²) < 4.78 is 5.98. The van der Waals surface area contributed by atoms with Crippen molar-refractivity contribution in [3.63, 3.8) is 0 Å². The van der Waals surface area contributed by atoms with E-state index in [1.807, 2.05) is 0 Å². The summed E-state index contributed by atoms with van der Waals surface area (Å²) in [6.45, 7) is 5.14. The van der Waals surface area contributed by atoms with Gasteiger partial charge >= 0.3 is 0 Å². The SMILES string of the molecule is C[C@@H]1[C@H](C2CCCCC2)OCCN1CCO. The predicted molar refractivity (Wildman–Crippen MR) is 64.4 cm³/mol. The van der Waals surface area contributed by atoms with Crippen LogP contribution in [-0.2, 0) is 4.74 Å². The van der Waals surface area contributed by atoms with E-state index in [4.69, 9.17) is 9.84 Å². The minimum Gasteiger partial charge on any atom is -0.395 e. The van der Waals surface area contributed by atoms with Crippen LogP contribution < -0.4 is 0 Å². The highest BCUT2D eigenvalue weighted by Crippen LogP contribution is 2.32. The van der Waals surface area contributed by atoms with E-state index in [1.54, 1.807) is 0 Å². The van der Waals surface area contributed by atoms with Crippen molar-refractivity contribution < 1.29 is 9.84 Å². The normalized spacial score (nSPS) is 34.1. The van der Waals surface area contributed by atoms with Crippen molar-refractivity contribution >= 4 is 0 Å². The van der Waals surface area contributed by atoms with E-state index in [9.17, 15) is 0 Å². The fourth-order valence-corrected chi connectivity index (χ4v) is 3.29. The molecule has 1 saturated carbocycles. The maximum absolute atomic E-state index is 9.05. The van der Waals surface area contributed by atoms with Gasteiger partial charge in [-0.3, -0.25) is 4.90 Å². The third-order valence-corrected chi connectivity index (χ3v) is 4.24. The minimum absolute atomic E-state index is 0.266. The van der Waals surface area contributed by atoms with Crippen molar-refractivity contribution in [2.75, 3.05) is 26.3 Å². The Morgan fingerprint density at radius 3 is 2.69 bits per heavy atom. The summed E-state index contributed by atoms with van der Waals surface area (Å²) in [7, 11) is 0. The Balaban J connectivity index is 1.91. The number of β-amino-alcohol motifs (C(OH)–C–C–N with tert-alkyl or cyclic N) is 1. The second-order valence-corrected chi connectivity index (χ2v) is 5.23. The summed E-state index contributed by atoms with van der Waals surface area (Å²) in [4.78, 5) is 2.38. The summed E-state index contributed by atoms with van der Waals surface area (Å²) in [6, 6.07) is 0.476. The number of hydrogen-bond donors (Lipinski definition) is 1. The average molecular weight is 227 g/mol. The van der Waals surface area contributed by atoms with Crippen LogP contribution in [0.1, 0.15) is 39.0 Å². The summed E-state index contributed by atoms with van der Waals surface area (Å²) in [6.07, 6.45) is 7.22. The van der Waals surface area contributed by atoms with Crippen LogP contribution in [-0.4, -0.2) is 48.5 Å². The number of hydrogen-bond acceptors (Lipinski definition) is 3. The molecule has 2 atom stereocenters. The first kappa shape index (κ1) is 12.3. The van der Waals surface area contributed by atoms with Crippen molar-refractivity contribution in [3.05, 3.63) is 0 Å². The van der Waals surface area contributed by atoms with Crippen LogP contribution in [0.3, 0.4) is 0 Å². The molecule has 1 saturated heterocycles. The van der Waals surface area contributed by atoms with E-state index in [1.165, 1.54) is 32.1 Å². The highest BCUT2D eigenvalue weighted by Gasteiger charge is 2.34. The third kappa shape index (κ3) is 2.76. The number of morpholine rings is 1. The van der Waals surface area contributed by atoms with Crippen molar-refractivity contribution in [2.45, 2.75) is 51.2 Å². The monoisotopic (exact) mass is 227 g/mol. The molecule has 0 aromatic carbocycles. The number of aliphatic hydroxyl groups is 1. The Morgan fingerprint density at radius 2 is 2.00 bits per heavy atom. The quantitative estimate of drug-likeness (QED) is 0.795. The van der Waals surface area contributed by atoms with Crippen molar-refractivity contribution in [1.82, 2.24) is 4.90 Å². The van der Waals surface area contributed by atoms with Gasteiger partial charge in [0.15, 0.2) is 0 Å². The fraction of sp³-hybridized carbons (Fsp3) is 1.00. The summed E-state index contributed by atoms with van der Waals surface area (Å²) >= 11 is 0. The highest BCUT2D eigenvalue weighted by atomic mass is 16.5. The minimum atomic E-state index is 0.266. The first-order valence-corrected chi connectivity index (χ1v) is 6.79. The second kappa shape index (κ2) is 5.99. The summed E-state index contributed by atoms with van der Waals surface area (Å²) in [5.41, 5.74) is 0. The molecule has 1 heterocycles. The van der Waals surface area contributed by atoms with Gasteiger partial charge in [-0.25, -0.2) is 0 Å². The number of nitrogens with zero attached hydrogens (tertiary/aromatic N) is 1. The smallest absolute Gasteiger partial charge is 0.0756 e. The van der Waals surface area contributed by atoms with Crippen LogP contribution in [0.5, 0.6) is 0 Å². The molecule has 0 bridgehead atoms. The van der Waals surface area contributed by atoms with E-state index in [-0.39, 0.29) is 6.61 Å². The first-order valence-electron chi connectivity index (χ1n) is 6.79. The molecule has 0 unspecified atom stereocenters. The van der Waals surface area contributed by atoms with Crippen LogP contribution in [0.2, 0.25) is 0 Å². The standard InChI is InChI=1S/C13H25NO2/c1-11-13(12-5-3-2-4-6-12)16-10-8-14(11)7-9-15/h11-13,15H,2-10H2,1H3/t11-,13-/m1/s1. The summed E-state index contributed by atoms with van der Waals surface area (Å²) in [5.74, 6) is 0.755. The summed E-state index contributed by atoms with van der Waals surface area (Å²) in [5, 5.41) is 9.05. The second-order valence-electron chi connectivity index (χ2n) is 5.23. The zero-order valence-corrected chi connectivity index (χ0v) is 10.4. The molecule has 1 aliphatic heterocycles. The lowest BCUT2D eigenvalue weighted by Crippen LogP contribution is -2.53. The van der Waals surface area contributed by atoms with E-state index in [2.05, 4.69) is 11.8 Å². The average Bonchev–Trinajstić information content (AvgIpc) is 2.33. The molecule has 0 amide bonds. The molecule has 1 N–H and O–H groups in total. The zero-order valence-electron chi connectivity index (χ0n) is 10.4. The lowest BCUT2D eigenvalue weighted by molar-refractivity contribution is -0.0999. The van der Waals surface area contributed by atoms with Gasteiger partial charge in [0.25, 0.3) is 0 Å². The first-order chi connectivity index (χ1) is 7.83. The topological polar surface area (TPSA) is 32.7 Å². The highest BCUT2D eigenvalue weighted by molar-refractivity contribution is 4.86. The van der Waals surface area contributed by atoms with E-state index in [0.29, 0.717) is 12.1 Å². The van der Waals surface area contributed by atoms with Crippen LogP contribution in [0.4, 0.5) is 0 Å². The molecular weight excluding hydrogens is 202 g/mol. The molecule has 16 heavy (non-hydrogen) atoms. The van der Waals surface area contributed by atoms with Gasteiger partial charge < -0.3 is 9.84 Å². The maximum Gasteiger partial charge on any atom is 0.0756 e. The molecule has 0 aromatic rings. The Hall–Kier alpha value is -0.120. The molecular formula is C13H25NO2. The Kier molecular flexibility index (Phi) is 4.62. The third-order valence-electron chi connectivity index (χ3n) is 4.24. The molecule has 2 rings (SSSR count).